The standard InChI is InChI=1S/C43H58FN3O10S/c1-8-55-36-23-45-38(31-14-13-29(54-7)18-33(31)36)56-30-19-34-35(48)22-43(40(51)46-58(52,53)42(25-44)15-16-42)21-28(43)12-10-9-11-26(2)17-27(3)32(39(50)47(34)24-30)20-37(49)57-41(4,5)6/h10,12-14,18,23,26-28,30,32,34H,8-9,11,15-17,19-22,24-25H2,1-7H3,(H,46,51)/b12-10-/t26-,27-,28-,30-,32+,34+,43-/m1/s1. The maximum atomic E-state index is 14.9. The normalized spacial score (nSPS) is 29.3. The molecule has 1 N–H and O–H groups in total. The van der Waals surface area contributed by atoms with Crippen LogP contribution in [0.25, 0.3) is 10.8 Å². The zero-order valence-corrected chi connectivity index (χ0v) is 35.5. The Morgan fingerprint density at radius 1 is 1.10 bits per heavy atom. The summed E-state index contributed by atoms with van der Waals surface area (Å²) in [4.78, 5) is 63.0. The predicted molar refractivity (Wildman–Crippen MR) is 214 cm³/mol. The molecule has 0 unspecified atom stereocenters. The number of carbonyl (C=O) groups is 4. The van der Waals surface area contributed by atoms with Gasteiger partial charge in [-0.1, -0.05) is 26.0 Å². The number of ketones is 1. The first-order valence-electron chi connectivity index (χ1n) is 20.5. The molecular formula is C43H58FN3O10S. The van der Waals surface area contributed by atoms with Crippen molar-refractivity contribution in [1.82, 2.24) is 14.6 Å². The third-order valence-corrected chi connectivity index (χ3v) is 14.3. The van der Waals surface area contributed by atoms with Gasteiger partial charge in [0.25, 0.3) is 0 Å². The summed E-state index contributed by atoms with van der Waals surface area (Å²) in [5, 5.41) is 1.33. The van der Waals surface area contributed by atoms with E-state index in [4.69, 9.17) is 18.9 Å². The summed E-state index contributed by atoms with van der Waals surface area (Å²) >= 11 is 0. The lowest BCUT2D eigenvalue weighted by molar-refractivity contribution is -0.160. The van der Waals surface area contributed by atoms with Gasteiger partial charge in [-0.3, -0.25) is 23.9 Å². The Morgan fingerprint density at radius 3 is 2.50 bits per heavy atom. The molecule has 318 valence electrons. The molecule has 0 radical (unpaired) electrons. The molecule has 2 amide bonds. The van der Waals surface area contributed by atoms with E-state index in [1.54, 1.807) is 46.2 Å². The van der Waals surface area contributed by atoms with Crippen LogP contribution in [0.5, 0.6) is 17.4 Å². The van der Waals surface area contributed by atoms with E-state index in [0.29, 0.717) is 41.7 Å². The number of Topliss-reactive ketones (excluding diaryl/α,β-unsaturated/α-hetero) is 1. The molecule has 7 atom stereocenters. The Bertz CT molecular complexity index is 2050. The number of pyridine rings is 1. The van der Waals surface area contributed by atoms with Crippen LogP contribution in [-0.2, 0) is 33.9 Å². The Hall–Kier alpha value is -4.27. The van der Waals surface area contributed by atoms with Crippen LogP contribution in [0.2, 0.25) is 0 Å². The first-order chi connectivity index (χ1) is 27.4. The quantitative estimate of drug-likeness (QED) is 0.201. The van der Waals surface area contributed by atoms with Crippen LogP contribution >= 0.6 is 0 Å². The minimum Gasteiger partial charge on any atom is -0.497 e. The molecule has 2 aliphatic carbocycles. The number of fused-ring (bicyclic) bond motifs is 3. The highest BCUT2D eigenvalue weighted by molar-refractivity contribution is 7.91. The summed E-state index contributed by atoms with van der Waals surface area (Å²) in [7, 11) is -2.79. The maximum Gasteiger partial charge on any atom is 0.307 e. The van der Waals surface area contributed by atoms with Gasteiger partial charge in [0, 0.05) is 23.6 Å². The smallest absolute Gasteiger partial charge is 0.307 e. The molecule has 1 aromatic carbocycles. The number of allylic oxidation sites excluding steroid dienone is 2. The van der Waals surface area contributed by atoms with Crippen molar-refractivity contribution in [2.24, 2.45) is 29.1 Å². The highest BCUT2D eigenvalue weighted by Crippen LogP contribution is 2.58. The topological polar surface area (TPSA) is 167 Å². The lowest BCUT2D eigenvalue weighted by Gasteiger charge is -2.32. The van der Waals surface area contributed by atoms with Gasteiger partial charge in [0.1, 0.15) is 34.6 Å². The van der Waals surface area contributed by atoms with E-state index in [1.165, 1.54) is 4.90 Å². The van der Waals surface area contributed by atoms with Crippen molar-refractivity contribution in [3.8, 4) is 17.4 Å². The number of nitrogens with zero attached hydrogens (tertiary/aromatic N) is 2. The molecule has 4 aliphatic rings. The van der Waals surface area contributed by atoms with Crippen LogP contribution in [0.15, 0.2) is 36.5 Å². The van der Waals surface area contributed by atoms with Gasteiger partial charge in [0.05, 0.1) is 50.3 Å². The largest absolute Gasteiger partial charge is 0.497 e. The lowest BCUT2D eigenvalue weighted by atomic mass is 9.82. The molecule has 1 saturated heterocycles. The summed E-state index contributed by atoms with van der Waals surface area (Å²) in [5.74, 6) is -2.16. The van der Waals surface area contributed by atoms with Crippen LogP contribution in [0, 0.1) is 29.1 Å². The van der Waals surface area contributed by atoms with Gasteiger partial charge in [0.2, 0.25) is 27.7 Å². The van der Waals surface area contributed by atoms with Crippen molar-refractivity contribution in [1.29, 1.82) is 0 Å². The average molecular weight is 828 g/mol. The van der Waals surface area contributed by atoms with Crippen molar-refractivity contribution in [2.75, 3.05) is 26.9 Å². The second kappa shape index (κ2) is 16.8. The van der Waals surface area contributed by atoms with Crippen LogP contribution < -0.4 is 18.9 Å². The first kappa shape index (κ1) is 43.3. The number of carbonyl (C=O) groups excluding carboxylic acids is 4. The molecule has 15 heteroatoms. The number of hydrogen-bond donors (Lipinski definition) is 1. The number of aromatic nitrogens is 1. The number of ether oxygens (including phenoxy) is 4. The van der Waals surface area contributed by atoms with Crippen molar-refractivity contribution in [2.45, 2.75) is 122 Å². The van der Waals surface area contributed by atoms with E-state index in [-0.39, 0.29) is 62.8 Å². The van der Waals surface area contributed by atoms with E-state index in [9.17, 15) is 32.0 Å². The number of halogens is 1. The number of rotatable bonds is 11. The van der Waals surface area contributed by atoms with Gasteiger partial charge in [-0.2, -0.15) is 0 Å². The van der Waals surface area contributed by atoms with E-state index in [0.717, 1.165) is 6.42 Å². The molecule has 13 nitrogen and oxygen atoms in total. The molecule has 58 heavy (non-hydrogen) atoms. The summed E-state index contributed by atoms with van der Waals surface area (Å²) in [6.45, 7) is 10.5. The molecule has 1 aromatic heterocycles. The second-order valence-corrected chi connectivity index (χ2v) is 19.9. The number of hydrogen-bond acceptors (Lipinski definition) is 11. The molecule has 3 heterocycles. The zero-order chi connectivity index (χ0) is 42.2. The molecule has 2 saturated carbocycles. The number of sulfonamides is 1. The van der Waals surface area contributed by atoms with Gasteiger partial charge >= 0.3 is 5.97 Å². The van der Waals surface area contributed by atoms with E-state index in [1.807, 2.05) is 32.1 Å². The minimum atomic E-state index is -4.35. The third-order valence-electron chi connectivity index (χ3n) is 12.2. The van der Waals surface area contributed by atoms with Gasteiger partial charge in [-0.15, -0.1) is 0 Å². The van der Waals surface area contributed by atoms with Crippen LogP contribution in [0.1, 0.15) is 99.3 Å². The Labute approximate surface area is 340 Å². The van der Waals surface area contributed by atoms with Gasteiger partial charge < -0.3 is 23.8 Å². The summed E-state index contributed by atoms with van der Waals surface area (Å²) in [6, 6.07) is 4.32. The molecule has 0 bridgehead atoms. The molecule has 2 aliphatic heterocycles. The van der Waals surface area contributed by atoms with Crippen LogP contribution in [-0.4, -0.2) is 91.3 Å². The third kappa shape index (κ3) is 9.13. The second-order valence-electron chi connectivity index (χ2n) is 17.8. The van der Waals surface area contributed by atoms with E-state index < -0.39 is 80.0 Å². The van der Waals surface area contributed by atoms with Crippen molar-refractivity contribution in [3.05, 3.63) is 36.5 Å². The first-order valence-corrected chi connectivity index (χ1v) is 21.9. The van der Waals surface area contributed by atoms with Crippen molar-refractivity contribution >= 4 is 44.4 Å². The Kier molecular flexibility index (Phi) is 12.5. The number of esters is 1. The Balaban J connectivity index is 1.36. The summed E-state index contributed by atoms with van der Waals surface area (Å²) in [6.07, 6.45) is 6.69. The van der Waals surface area contributed by atoms with Gasteiger partial charge in [-0.05, 0) is 102 Å². The zero-order valence-electron chi connectivity index (χ0n) is 34.7. The minimum absolute atomic E-state index is 0.00913. The predicted octanol–water partition coefficient (Wildman–Crippen LogP) is 6.26. The maximum absolute atomic E-state index is 14.9. The van der Waals surface area contributed by atoms with Crippen molar-refractivity contribution < 1.29 is 50.9 Å². The fourth-order valence-corrected chi connectivity index (χ4v) is 10.1. The Morgan fingerprint density at radius 2 is 1.84 bits per heavy atom. The lowest BCUT2D eigenvalue weighted by Crippen LogP contribution is -2.48. The monoisotopic (exact) mass is 827 g/mol. The fraction of sp³-hybridized carbons (Fsp3) is 0.651. The number of alkyl halides is 1. The highest BCUT2D eigenvalue weighted by atomic mass is 32.2. The fourth-order valence-electron chi connectivity index (χ4n) is 8.62. The molecule has 2 aromatic rings. The molecule has 0 spiro atoms. The van der Waals surface area contributed by atoms with Crippen molar-refractivity contribution in [3.63, 3.8) is 0 Å². The van der Waals surface area contributed by atoms with Crippen LogP contribution in [0.4, 0.5) is 4.39 Å². The highest BCUT2D eigenvalue weighted by Gasteiger charge is 2.63. The van der Waals surface area contributed by atoms with E-state index in [2.05, 4.69) is 16.6 Å². The summed E-state index contributed by atoms with van der Waals surface area (Å²) < 4.78 is 64.4. The van der Waals surface area contributed by atoms with Gasteiger partial charge in [-0.25, -0.2) is 17.8 Å². The van der Waals surface area contributed by atoms with Crippen LogP contribution in [0.3, 0.4) is 0 Å². The average Bonchev–Trinajstić information content (AvgIpc) is 4.06. The number of amides is 2. The number of methoxy groups -OCH3 is 1. The molecular weight excluding hydrogens is 770 g/mol. The summed E-state index contributed by atoms with van der Waals surface area (Å²) in [5.41, 5.74) is -2.18. The number of benzene rings is 1. The molecule has 3 fully saturated rings. The number of nitrogens with one attached hydrogen (secondary N) is 1. The SMILES string of the molecule is CCOc1cnc(O[C@@H]2C[C@H]3C(=O)C[C@]4(C(=O)NS(=O)(=O)C5(CF)CC5)C[C@H]4/C=C\CC[C@@H](C)C[C@@H](C)[C@H](CC(=O)OC(C)(C)C)C(=O)N3C2)c2ccc(OC)cc12. The molecule has 6 rings (SSSR count). The van der Waals surface area contributed by atoms with E-state index >= 15 is 0 Å². The van der Waals surface area contributed by atoms with Gasteiger partial charge in [0.15, 0.2) is 5.78 Å².